The Morgan fingerprint density at radius 2 is 2.36 bits per heavy atom. The van der Waals surface area contributed by atoms with Crippen molar-refractivity contribution >= 4 is 56.2 Å². The number of carbonyl (C=O) groups is 1. The molecule has 1 aromatic carbocycles. The Labute approximate surface area is 158 Å². The molecule has 1 amide bonds. The highest BCUT2D eigenvalue weighted by Gasteiger charge is 2.23. The number of benzene rings is 1. The molecule has 130 valence electrons. The molecule has 4 nitrogen and oxygen atoms in total. The Balaban J connectivity index is 1.39. The number of hydrogen-bond acceptors (Lipinski definition) is 6. The Bertz CT molecular complexity index is 854. The number of nitrogens with zero attached hydrogens (tertiary/aromatic N) is 1. The molecule has 3 aromatic rings. The maximum Gasteiger partial charge on any atom is 0.229 e. The molecular weight excluding hydrogens is 372 g/mol. The molecule has 0 bridgehead atoms. The predicted molar refractivity (Wildman–Crippen MR) is 106 cm³/mol. The van der Waals surface area contributed by atoms with E-state index in [1.807, 2.05) is 18.2 Å². The molecule has 2 aromatic heterocycles. The molecule has 4 rings (SSSR count). The molecule has 25 heavy (non-hydrogen) atoms. The van der Waals surface area contributed by atoms with Crippen molar-refractivity contribution in [3.8, 4) is 0 Å². The number of thioether (sulfide) groups is 1. The Kier molecular flexibility index (Phi) is 5.36. The lowest BCUT2D eigenvalue weighted by molar-refractivity contribution is -0.119. The molecule has 1 saturated heterocycles. The van der Waals surface area contributed by atoms with Gasteiger partial charge in [-0.2, -0.15) is 11.3 Å². The zero-order valence-electron chi connectivity index (χ0n) is 13.6. The fourth-order valence-corrected chi connectivity index (χ4v) is 5.59. The quantitative estimate of drug-likeness (QED) is 0.622. The number of aryl methyl sites for hydroxylation is 1. The molecule has 1 aliphatic heterocycles. The number of hydrogen-bond donors (Lipinski definition) is 1. The van der Waals surface area contributed by atoms with Crippen molar-refractivity contribution in [2.45, 2.75) is 17.2 Å². The van der Waals surface area contributed by atoms with Crippen LogP contribution in [-0.2, 0) is 16.0 Å². The topological polar surface area (TPSA) is 51.2 Å². The van der Waals surface area contributed by atoms with E-state index >= 15 is 0 Å². The van der Waals surface area contributed by atoms with E-state index in [0.717, 1.165) is 38.8 Å². The van der Waals surface area contributed by atoms with E-state index in [-0.39, 0.29) is 11.8 Å². The van der Waals surface area contributed by atoms with Crippen molar-refractivity contribution in [3.05, 3.63) is 40.6 Å². The lowest BCUT2D eigenvalue weighted by Crippen LogP contribution is -2.22. The lowest BCUT2D eigenvalue weighted by atomic mass is 10.1. The first-order chi connectivity index (χ1) is 12.3. The third-order valence-electron chi connectivity index (χ3n) is 4.13. The minimum absolute atomic E-state index is 0.0274. The molecule has 1 unspecified atom stereocenters. The number of nitrogens with one attached hydrogen (secondary N) is 1. The maximum absolute atomic E-state index is 12.2. The number of fused-ring (bicyclic) bond motifs is 1. The molecule has 1 fully saturated rings. The van der Waals surface area contributed by atoms with Gasteiger partial charge in [-0.3, -0.25) is 4.79 Å². The number of anilines is 1. The van der Waals surface area contributed by atoms with E-state index in [1.165, 1.54) is 5.56 Å². The van der Waals surface area contributed by atoms with Crippen LogP contribution in [0.25, 0.3) is 10.2 Å². The van der Waals surface area contributed by atoms with Crippen molar-refractivity contribution in [2.24, 2.45) is 5.92 Å². The van der Waals surface area contributed by atoms with Crippen molar-refractivity contribution in [3.63, 3.8) is 0 Å². The van der Waals surface area contributed by atoms with Crippen LogP contribution < -0.4 is 5.32 Å². The zero-order chi connectivity index (χ0) is 17.1. The average Bonchev–Trinajstić information content (AvgIpc) is 3.36. The Morgan fingerprint density at radius 3 is 3.16 bits per heavy atom. The van der Waals surface area contributed by atoms with E-state index in [4.69, 9.17) is 4.74 Å². The molecule has 3 heterocycles. The highest BCUT2D eigenvalue weighted by Crippen LogP contribution is 2.32. The summed E-state index contributed by atoms with van der Waals surface area (Å²) in [7, 11) is 0. The van der Waals surface area contributed by atoms with E-state index in [2.05, 4.69) is 27.1 Å². The second-order valence-electron chi connectivity index (χ2n) is 5.94. The normalized spacial score (nSPS) is 17.2. The van der Waals surface area contributed by atoms with Gasteiger partial charge in [0.1, 0.15) is 0 Å². The van der Waals surface area contributed by atoms with E-state index in [1.54, 1.807) is 34.4 Å². The summed E-state index contributed by atoms with van der Waals surface area (Å²) >= 11 is 5.22. The average molecular weight is 391 g/mol. The van der Waals surface area contributed by atoms with Gasteiger partial charge in [0.2, 0.25) is 5.91 Å². The largest absolute Gasteiger partial charge is 0.381 e. The van der Waals surface area contributed by atoms with Crippen molar-refractivity contribution in [1.82, 2.24) is 4.98 Å². The summed E-state index contributed by atoms with van der Waals surface area (Å²) < 4.78 is 7.47. The SMILES string of the molecule is O=C(Nc1ccc2nc(SCCc3ccsc3)sc2c1)C1CCOC1. The van der Waals surface area contributed by atoms with Gasteiger partial charge in [0.05, 0.1) is 22.7 Å². The van der Waals surface area contributed by atoms with Gasteiger partial charge in [-0.1, -0.05) is 11.8 Å². The monoisotopic (exact) mass is 390 g/mol. The summed E-state index contributed by atoms with van der Waals surface area (Å²) in [6.45, 7) is 1.21. The summed E-state index contributed by atoms with van der Waals surface area (Å²) in [5.41, 5.74) is 3.22. The summed E-state index contributed by atoms with van der Waals surface area (Å²) in [5.74, 6) is 1.05. The Morgan fingerprint density at radius 1 is 1.40 bits per heavy atom. The van der Waals surface area contributed by atoms with Gasteiger partial charge in [-0.15, -0.1) is 11.3 Å². The van der Waals surface area contributed by atoms with Crippen LogP contribution >= 0.6 is 34.4 Å². The van der Waals surface area contributed by atoms with Gasteiger partial charge in [-0.05, 0) is 53.4 Å². The van der Waals surface area contributed by atoms with Crippen molar-refractivity contribution < 1.29 is 9.53 Å². The number of rotatable bonds is 6. The third-order valence-corrected chi connectivity index (χ3v) is 7.03. The van der Waals surface area contributed by atoms with Crippen molar-refractivity contribution in [2.75, 3.05) is 24.3 Å². The van der Waals surface area contributed by atoms with Gasteiger partial charge >= 0.3 is 0 Å². The summed E-state index contributed by atoms with van der Waals surface area (Å²) in [6.07, 6.45) is 1.87. The number of thiophene rings is 1. The van der Waals surface area contributed by atoms with Crippen LogP contribution in [0.5, 0.6) is 0 Å². The molecular formula is C18H18N2O2S3. The summed E-state index contributed by atoms with van der Waals surface area (Å²) in [4.78, 5) is 16.9. The molecule has 0 radical (unpaired) electrons. The Hall–Kier alpha value is -1.41. The van der Waals surface area contributed by atoms with E-state index in [9.17, 15) is 4.79 Å². The maximum atomic E-state index is 12.2. The van der Waals surface area contributed by atoms with Crippen LogP contribution in [0, 0.1) is 5.92 Å². The summed E-state index contributed by atoms with van der Waals surface area (Å²) in [6, 6.07) is 8.10. The van der Waals surface area contributed by atoms with Crippen LogP contribution in [0.2, 0.25) is 0 Å². The standard InChI is InChI=1S/C18H18N2O2S3/c21-17(13-3-6-22-10-13)19-14-1-2-15-16(9-14)25-18(20-15)24-8-5-12-4-7-23-11-12/h1-2,4,7,9,11,13H,3,5-6,8,10H2,(H,19,21). The number of ether oxygens (including phenoxy) is 1. The second kappa shape index (κ2) is 7.86. The highest BCUT2D eigenvalue weighted by molar-refractivity contribution is 8.01. The molecule has 0 saturated carbocycles. The van der Waals surface area contributed by atoms with E-state index in [0.29, 0.717) is 13.2 Å². The molecule has 1 N–H and O–H groups in total. The van der Waals surface area contributed by atoms with Crippen molar-refractivity contribution in [1.29, 1.82) is 0 Å². The van der Waals surface area contributed by atoms with Crippen LogP contribution in [0.3, 0.4) is 0 Å². The molecule has 7 heteroatoms. The van der Waals surface area contributed by atoms with Crippen LogP contribution in [0.15, 0.2) is 39.4 Å². The van der Waals surface area contributed by atoms with Crippen LogP contribution in [0.1, 0.15) is 12.0 Å². The van der Waals surface area contributed by atoms with Gasteiger partial charge in [0.25, 0.3) is 0 Å². The minimum atomic E-state index is -0.0274. The molecule has 1 atom stereocenters. The predicted octanol–water partition coefficient (Wildman–Crippen LogP) is 4.67. The highest BCUT2D eigenvalue weighted by atomic mass is 32.2. The van der Waals surface area contributed by atoms with Gasteiger partial charge in [-0.25, -0.2) is 4.98 Å². The first-order valence-corrected chi connectivity index (χ1v) is 11.0. The smallest absolute Gasteiger partial charge is 0.229 e. The lowest BCUT2D eigenvalue weighted by Gasteiger charge is -2.08. The third kappa shape index (κ3) is 4.23. The van der Waals surface area contributed by atoms with E-state index < -0.39 is 0 Å². The zero-order valence-corrected chi connectivity index (χ0v) is 16.0. The number of carbonyl (C=O) groups excluding carboxylic acids is 1. The fraction of sp³-hybridized carbons (Fsp3) is 0.333. The summed E-state index contributed by atoms with van der Waals surface area (Å²) in [5, 5.41) is 7.32. The second-order valence-corrected chi connectivity index (χ2v) is 9.09. The number of thiazole rings is 1. The van der Waals surface area contributed by atoms with Gasteiger partial charge in [0, 0.05) is 18.0 Å². The van der Waals surface area contributed by atoms with Crippen LogP contribution in [-0.4, -0.2) is 29.9 Å². The molecule has 1 aliphatic rings. The number of amides is 1. The molecule has 0 aliphatic carbocycles. The van der Waals surface area contributed by atoms with Gasteiger partial charge in [0.15, 0.2) is 4.34 Å². The van der Waals surface area contributed by atoms with Crippen LogP contribution in [0.4, 0.5) is 5.69 Å². The van der Waals surface area contributed by atoms with Gasteiger partial charge < -0.3 is 10.1 Å². The molecule has 0 spiro atoms. The first kappa shape index (κ1) is 17.0. The number of aromatic nitrogens is 1. The first-order valence-electron chi connectivity index (χ1n) is 8.21. The fourth-order valence-electron chi connectivity index (χ4n) is 2.72. The minimum Gasteiger partial charge on any atom is -0.381 e.